The number of pyridine rings is 1. The molecule has 0 radical (unpaired) electrons. The summed E-state index contributed by atoms with van der Waals surface area (Å²) in [6, 6.07) is 6.75. The summed E-state index contributed by atoms with van der Waals surface area (Å²) in [5.41, 5.74) is 1.85. The van der Waals surface area contributed by atoms with E-state index in [0.29, 0.717) is 54.1 Å². The van der Waals surface area contributed by atoms with Crippen molar-refractivity contribution in [3.05, 3.63) is 41.3 Å². The molecule has 2 atom stereocenters. The second kappa shape index (κ2) is 11.2. The molecule has 9 heteroatoms. The lowest BCUT2D eigenvalue weighted by Gasteiger charge is -2.23. The quantitative estimate of drug-likeness (QED) is 0.535. The van der Waals surface area contributed by atoms with E-state index in [1.807, 2.05) is 0 Å². The minimum atomic E-state index is -0.316. The first-order valence-electron chi connectivity index (χ1n) is 11.3. The molecule has 0 bridgehead atoms. The van der Waals surface area contributed by atoms with Gasteiger partial charge in [0, 0.05) is 51.2 Å². The summed E-state index contributed by atoms with van der Waals surface area (Å²) in [7, 11) is 1.65. The van der Waals surface area contributed by atoms with E-state index < -0.39 is 0 Å². The Morgan fingerprint density at radius 2 is 2.15 bits per heavy atom. The van der Waals surface area contributed by atoms with Crippen LogP contribution in [0.2, 0.25) is 5.02 Å². The fraction of sp³-hybridized carbons (Fsp3) is 0.500. The van der Waals surface area contributed by atoms with Gasteiger partial charge < -0.3 is 25.4 Å². The van der Waals surface area contributed by atoms with Gasteiger partial charge in [-0.05, 0) is 48.9 Å². The maximum absolute atomic E-state index is 14.4. The molecule has 2 aliphatic rings. The summed E-state index contributed by atoms with van der Waals surface area (Å²) in [5.74, 6) is 0.305. The molecule has 3 heterocycles. The van der Waals surface area contributed by atoms with Crippen molar-refractivity contribution in [3.8, 4) is 11.1 Å². The van der Waals surface area contributed by atoms with E-state index in [0.717, 1.165) is 31.6 Å². The van der Waals surface area contributed by atoms with E-state index in [1.54, 1.807) is 25.3 Å². The summed E-state index contributed by atoms with van der Waals surface area (Å²) in [6.07, 6.45) is 4.15. The smallest absolute Gasteiger partial charge is 0.229 e. The number of aromatic nitrogens is 1. The molecule has 33 heavy (non-hydrogen) atoms. The van der Waals surface area contributed by atoms with E-state index >= 15 is 0 Å². The van der Waals surface area contributed by atoms with Crippen molar-refractivity contribution in [2.24, 2.45) is 11.8 Å². The highest BCUT2D eigenvalue weighted by Crippen LogP contribution is 2.32. The lowest BCUT2D eigenvalue weighted by atomic mass is 10.00. The molecule has 1 amide bonds. The third-order valence-electron chi connectivity index (χ3n) is 6.27. The highest BCUT2D eigenvalue weighted by atomic mass is 35.5. The molecule has 3 N–H and O–H groups in total. The molecule has 7 nitrogen and oxygen atoms in total. The van der Waals surface area contributed by atoms with Crippen LogP contribution < -0.4 is 16.0 Å². The Bertz CT molecular complexity index is 971. The average molecular weight is 477 g/mol. The number of methoxy groups -OCH3 is 1. The molecule has 0 aliphatic carbocycles. The van der Waals surface area contributed by atoms with Gasteiger partial charge in [0.25, 0.3) is 0 Å². The molecule has 2 aromatic rings. The van der Waals surface area contributed by atoms with Crippen LogP contribution in [-0.2, 0) is 14.3 Å². The first-order valence-corrected chi connectivity index (χ1v) is 11.7. The number of nitrogens with zero attached hydrogens (tertiary/aromatic N) is 1. The van der Waals surface area contributed by atoms with Crippen LogP contribution in [0.5, 0.6) is 0 Å². The van der Waals surface area contributed by atoms with Gasteiger partial charge in [0.15, 0.2) is 0 Å². The van der Waals surface area contributed by atoms with Crippen molar-refractivity contribution in [3.63, 3.8) is 0 Å². The van der Waals surface area contributed by atoms with Crippen molar-refractivity contribution in [1.29, 1.82) is 0 Å². The predicted octanol–water partition coefficient (Wildman–Crippen LogP) is 3.94. The molecule has 178 valence electrons. The molecular formula is C24H30ClFN4O3. The zero-order valence-electron chi connectivity index (χ0n) is 18.7. The minimum Gasteiger partial charge on any atom is -0.383 e. The molecule has 1 aromatic carbocycles. The zero-order chi connectivity index (χ0) is 23.2. The fourth-order valence-electron chi connectivity index (χ4n) is 4.34. The van der Waals surface area contributed by atoms with E-state index in [-0.39, 0.29) is 23.7 Å². The summed E-state index contributed by atoms with van der Waals surface area (Å²) in [4.78, 5) is 17.0. The van der Waals surface area contributed by atoms with Crippen LogP contribution in [0, 0.1) is 17.7 Å². The standard InChI is InChI=1S/C24H30ClFN4O3/c1-32-14-18-8-17(12-27-18)24(31)30-23-10-19(20(25)13-29-23)16-2-3-21(26)22(9-16)28-11-15-4-6-33-7-5-15/h2-3,9-10,13,15,17-18,27-28H,4-8,11-12,14H2,1H3,(H,29,30,31)/t17-,18+/m1/s1. The van der Waals surface area contributed by atoms with Crippen molar-refractivity contribution < 1.29 is 18.7 Å². The van der Waals surface area contributed by atoms with Gasteiger partial charge in [0.1, 0.15) is 11.6 Å². The van der Waals surface area contributed by atoms with Gasteiger partial charge in [0.2, 0.25) is 5.91 Å². The Morgan fingerprint density at radius 1 is 1.33 bits per heavy atom. The molecule has 0 spiro atoms. The first-order chi connectivity index (χ1) is 16.0. The number of amides is 1. The van der Waals surface area contributed by atoms with Crippen LogP contribution in [-0.4, -0.2) is 57.0 Å². The Morgan fingerprint density at radius 3 is 2.94 bits per heavy atom. The number of carbonyl (C=O) groups excluding carboxylic acids is 1. The maximum Gasteiger partial charge on any atom is 0.229 e. The molecule has 2 aliphatic heterocycles. The van der Waals surface area contributed by atoms with Gasteiger partial charge in [-0.2, -0.15) is 0 Å². The topological polar surface area (TPSA) is 84.5 Å². The van der Waals surface area contributed by atoms with Crippen LogP contribution in [0.1, 0.15) is 19.3 Å². The molecular weight excluding hydrogens is 447 g/mol. The number of anilines is 2. The van der Waals surface area contributed by atoms with Crippen LogP contribution in [0.25, 0.3) is 11.1 Å². The van der Waals surface area contributed by atoms with Crippen molar-refractivity contribution >= 4 is 29.0 Å². The molecule has 2 saturated heterocycles. The van der Waals surface area contributed by atoms with Gasteiger partial charge in [-0.25, -0.2) is 9.37 Å². The Labute approximate surface area is 198 Å². The zero-order valence-corrected chi connectivity index (χ0v) is 19.5. The highest BCUT2D eigenvalue weighted by molar-refractivity contribution is 6.33. The van der Waals surface area contributed by atoms with Gasteiger partial charge in [-0.1, -0.05) is 17.7 Å². The normalized spacial score (nSPS) is 21.2. The second-order valence-corrected chi connectivity index (χ2v) is 9.07. The van der Waals surface area contributed by atoms with E-state index in [1.165, 1.54) is 12.3 Å². The lowest BCUT2D eigenvalue weighted by molar-refractivity contribution is -0.119. The second-order valence-electron chi connectivity index (χ2n) is 8.66. The van der Waals surface area contributed by atoms with Crippen LogP contribution in [0.4, 0.5) is 15.9 Å². The van der Waals surface area contributed by atoms with E-state index in [4.69, 9.17) is 21.1 Å². The van der Waals surface area contributed by atoms with Crippen LogP contribution >= 0.6 is 11.6 Å². The van der Waals surface area contributed by atoms with Gasteiger partial charge >= 0.3 is 0 Å². The van der Waals surface area contributed by atoms with Gasteiger partial charge in [-0.3, -0.25) is 4.79 Å². The number of hydrogen-bond donors (Lipinski definition) is 3. The van der Waals surface area contributed by atoms with Crippen molar-refractivity contribution in [1.82, 2.24) is 10.3 Å². The number of ether oxygens (including phenoxy) is 2. The predicted molar refractivity (Wildman–Crippen MR) is 127 cm³/mol. The average Bonchev–Trinajstić information content (AvgIpc) is 3.30. The largest absolute Gasteiger partial charge is 0.383 e. The summed E-state index contributed by atoms with van der Waals surface area (Å²) >= 11 is 6.41. The first kappa shape index (κ1) is 23.9. The lowest BCUT2D eigenvalue weighted by Crippen LogP contribution is -2.26. The number of halogens is 2. The third kappa shape index (κ3) is 6.20. The fourth-order valence-corrected chi connectivity index (χ4v) is 4.55. The Hall–Kier alpha value is -2.26. The number of benzene rings is 1. The van der Waals surface area contributed by atoms with Crippen molar-refractivity contribution in [2.75, 3.05) is 50.7 Å². The number of nitrogens with one attached hydrogen (secondary N) is 3. The van der Waals surface area contributed by atoms with Gasteiger partial charge in [0.05, 0.1) is 23.2 Å². The summed E-state index contributed by atoms with van der Waals surface area (Å²) < 4.78 is 25.0. The molecule has 2 fully saturated rings. The van der Waals surface area contributed by atoms with Crippen molar-refractivity contribution in [2.45, 2.75) is 25.3 Å². The maximum atomic E-state index is 14.4. The molecule has 0 saturated carbocycles. The van der Waals surface area contributed by atoms with Gasteiger partial charge in [-0.15, -0.1) is 0 Å². The third-order valence-corrected chi connectivity index (χ3v) is 6.57. The number of hydrogen-bond acceptors (Lipinski definition) is 6. The number of rotatable bonds is 8. The molecule has 0 unspecified atom stereocenters. The summed E-state index contributed by atoms with van der Waals surface area (Å²) in [6.45, 7) is 3.36. The Kier molecular flexibility index (Phi) is 8.14. The molecule has 4 rings (SSSR count). The SMILES string of the molecule is COC[C@@H]1C[C@@H](C(=O)Nc2cc(-c3ccc(F)c(NCC4CCOCC4)c3)c(Cl)cn2)CN1. The Balaban J connectivity index is 1.45. The van der Waals surface area contributed by atoms with Crippen LogP contribution in [0.15, 0.2) is 30.5 Å². The highest BCUT2D eigenvalue weighted by Gasteiger charge is 2.29. The monoisotopic (exact) mass is 476 g/mol. The molecule has 1 aromatic heterocycles. The van der Waals surface area contributed by atoms with E-state index in [2.05, 4.69) is 20.9 Å². The summed E-state index contributed by atoms with van der Waals surface area (Å²) in [5, 5.41) is 9.84. The number of carbonyl (C=O) groups is 1. The van der Waals surface area contributed by atoms with Crippen LogP contribution in [0.3, 0.4) is 0 Å². The minimum absolute atomic E-state index is 0.0974. The van der Waals surface area contributed by atoms with E-state index in [9.17, 15) is 9.18 Å².